The van der Waals surface area contributed by atoms with E-state index in [4.69, 9.17) is 15.0 Å². The molecule has 1 atom stereocenters. The summed E-state index contributed by atoms with van der Waals surface area (Å²) in [6.45, 7) is 0. The highest BCUT2D eigenvalue weighted by molar-refractivity contribution is 7.99. The lowest BCUT2D eigenvalue weighted by Crippen LogP contribution is -2.32. The minimum atomic E-state index is -0.595. The first-order valence-electron chi connectivity index (χ1n) is 21.7. The molecule has 3 aromatic heterocycles. The van der Waals surface area contributed by atoms with Crippen LogP contribution in [0.15, 0.2) is 222 Å². The first kappa shape index (κ1) is 35.5. The van der Waals surface area contributed by atoms with Crippen LogP contribution in [0.1, 0.15) is 22.3 Å². The van der Waals surface area contributed by atoms with E-state index in [1.165, 1.54) is 54.3 Å². The first-order chi connectivity index (χ1) is 31.8. The molecule has 1 aliphatic heterocycles. The Hall–Kier alpha value is -8.06. The molecular formula is C58H35N5S. The lowest BCUT2D eigenvalue weighted by atomic mass is 9.66. The largest absolute Gasteiger partial charge is 0.278 e. The van der Waals surface area contributed by atoms with Crippen LogP contribution in [0.2, 0.25) is 0 Å². The Morgan fingerprint density at radius 3 is 1.45 bits per heavy atom. The third-order valence-corrected chi connectivity index (χ3v) is 14.7. The molecule has 12 aromatic rings. The van der Waals surface area contributed by atoms with Gasteiger partial charge in [0, 0.05) is 36.9 Å². The van der Waals surface area contributed by atoms with Crippen molar-refractivity contribution in [1.29, 1.82) is 0 Å². The summed E-state index contributed by atoms with van der Waals surface area (Å²) in [7, 11) is 0. The molecular weight excluding hydrogens is 799 g/mol. The van der Waals surface area contributed by atoms with E-state index in [-0.39, 0.29) is 0 Å². The highest BCUT2D eigenvalue weighted by atomic mass is 32.2. The third-order valence-electron chi connectivity index (χ3n) is 13.5. The van der Waals surface area contributed by atoms with Crippen molar-refractivity contribution in [1.82, 2.24) is 24.1 Å². The molecule has 0 saturated heterocycles. The molecule has 14 rings (SSSR count). The fraction of sp³-hybridized carbons (Fsp3) is 0.0172. The summed E-state index contributed by atoms with van der Waals surface area (Å²) in [6.07, 6.45) is 0. The van der Waals surface area contributed by atoms with E-state index in [1.807, 2.05) is 11.8 Å². The van der Waals surface area contributed by atoms with Crippen LogP contribution in [0, 0.1) is 0 Å². The van der Waals surface area contributed by atoms with Crippen molar-refractivity contribution < 1.29 is 0 Å². The number of nitrogens with zero attached hydrogens (tertiary/aromatic N) is 5. The molecule has 4 heterocycles. The van der Waals surface area contributed by atoms with E-state index in [0.717, 1.165) is 49.2 Å². The van der Waals surface area contributed by atoms with E-state index < -0.39 is 5.41 Å². The molecule has 2 aliphatic rings. The van der Waals surface area contributed by atoms with Crippen LogP contribution in [-0.2, 0) is 5.41 Å². The van der Waals surface area contributed by atoms with Gasteiger partial charge in [-0.25, -0.2) is 0 Å². The van der Waals surface area contributed by atoms with Crippen molar-refractivity contribution in [2.45, 2.75) is 15.2 Å². The highest BCUT2D eigenvalue weighted by Crippen LogP contribution is 2.63. The lowest BCUT2D eigenvalue weighted by Gasteiger charge is -2.40. The van der Waals surface area contributed by atoms with E-state index >= 15 is 0 Å². The molecule has 0 bridgehead atoms. The summed E-state index contributed by atoms with van der Waals surface area (Å²) < 4.78 is 4.40. The number of para-hydroxylation sites is 4. The third kappa shape index (κ3) is 4.83. The predicted octanol–water partition coefficient (Wildman–Crippen LogP) is 14.2. The topological polar surface area (TPSA) is 48.5 Å². The van der Waals surface area contributed by atoms with Crippen LogP contribution in [0.25, 0.3) is 89.2 Å². The van der Waals surface area contributed by atoms with E-state index in [0.29, 0.717) is 17.7 Å². The minimum absolute atomic E-state index is 0.565. The van der Waals surface area contributed by atoms with E-state index in [9.17, 15) is 0 Å². The molecule has 0 amide bonds. The van der Waals surface area contributed by atoms with Crippen molar-refractivity contribution in [3.05, 3.63) is 235 Å². The predicted molar refractivity (Wildman–Crippen MR) is 261 cm³/mol. The maximum Gasteiger partial charge on any atom is 0.240 e. The second kappa shape index (κ2) is 13.5. The number of fused-ring (bicyclic) bond motifs is 15. The zero-order valence-electron chi connectivity index (χ0n) is 34.4. The van der Waals surface area contributed by atoms with Crippen LogP contribution in [-0.4, -0.2) is 24.1 Å². The summed E-state index contributed by atoms with van der Waals surface area (Å²) in [5.74, 6) is 1.74. The van der Waals surface area contributed by atoms with Crippen LogP contribution >= 0.6 is 11.8 Å². The SMILES string of the molecule is c1ccc(-c2cccc3c2Sc2ccccc2C32c3ccccc3-c3ccc(-c4nc(-n5c6ccccc6c6ccccc65)nc(-n5c6ccccc6c6ccccc65)n4)cc32)cc1. The first-order valence-corrected chi connectivity index (χ1v) is 22.5. The number of benzene rings is 9. The molecule has 6 heteroatoms. The molecule has 298 valence electrons. The monoisotopic (exact) mass is 833 g/mol. The Balaban J connectivity index is 1.08. The van der Waals surface area contributed by atoms with Gasteiger partial charge < -0.3 is 0 Å². The molecule has 0 fully saturated rings. The lowest BCUT2D eigenvalue weighted by molar-refractivity contribution is 0.723. The van der Waals surface area contributed by atoms with Crippen LogP contribution in [0.4, 0.5) is 0 Å². The van der Waals surface area contributed by atoms with Gasteiger partial charge >= 0.3 is 0 Å². The zero-order chi connectivity index (χ0) is 41.9. The fourth-order valence-electron chi connectivity index (χ4n) is 10.9. The summed E-state index contributed by atoms with van der Waals surface area (Å²) >= 11 is 1.88. The van der Waals surface area contributed by atoms with Gasteiger partial charge in [-0.3, -0.25) is 9.13 Å². The van der Waals surface area contributed by atoms with Crippen molar-refractivity contribution in [2.75, 3.05) is 0 Å². The summed E-state index contributed by atoms with van der Waals surface area (Å²) in [4.78, 5) is 19.0. The average Bonchev–Trinajstić information content (AvgIpc) is 3.98. The summed E-state index contributed by atoms with van der Waals surface area (Å²) in [6, 6.07) is 76.7. The molecule has 5 nitrogen and oxygen atoms in total. The van der Waals surface area contributed by atoms with Gasteiger partial charge in [-0.1, -0.05) is 188 Å². The van der Waals surface area contributed by atoms with Gasteiger partial charge in [-0.15, -0.1) is 0 Å². The Bertz CT molecular complexity index is 3660. The van der Waals surface area contributed by atoms with E-state index in [1.54, 1.807) is 0 Å². The number of aromatic nitrogens is 5. The molecule has 0 saturated carbocycles. The maximum atomic E-state index is 5.49. The molecule has 1 unspecified atom stereocenters. The molecule has 64 heavy (non-hydrogen) atoms. The Kier molecular flexibility index (Phi) is 7.48. The van der Waals surface area contributed by atoms with Gasteiger partial charge in [0.1, 0.15) is 0 Å². The summed E-state index contributed by atoms with van der Waals surface area (Å²) in [5, 5.41) is 4.60. The van der Waals surface area contributed by atoms with Gasteiger partial charge in [0.05, 0.1) is 27.5 Å². The van der Waals surface area contributed by atoms with Gasteiger partial charge in [0.2, 0.25) is 11.9 Å². The van der Waals surface area contributed by atoms with Crippen LogP contribution in [0.5, 0.6) is 0 Å². The van der Waals surface area contributed by atoms with Crippen molar-refractivity contribution in [2.24, 2.45) is 0 Å². The smallest absolute Gasteiger partial charge is 0.240 e. The van der Waals surface area contributed by atoms with Gasteiger partial charge in [-0.2, -0.15) is 15.0 Å². The molecule has 0 radical (unpaired) electrons. The second-order valence-corrected chi connectivity index (χ2v) is 17.8. The molecule has 1 spiro atoms. The van der Waals surface area contributed by atoms with Crippen LogP contribution < -0.4 is 0 Å². The quantitative estimate of drug-likeness (QED) is 0.177. The van der Waals surface area contributed by atoms with Crippen molar-refractivity contribution in [3.8, 4) is 45.5 Å². The molecule has 9 aromatic carbocycles. The van der Waals surface area contributed by atoms with Crippen molar-refractivity contribution in [3.63, 3.8) is 0 Å². The Morgan fingerprint density at radius 1 is 0.344 bits per heavy atom. The number of hydrogen-bond donors (Lipinski definition) is 0. The summed E-state index contributed by atoms with van der Waals surface area (Å²) in [5.41, 5.74) is 14.5. The molecule has 0 N–H and O–H groups in total. The highest BCUT2D eigenvalue weighted by Gasteiger charge is 2.50. The fourth-order valence-corrected chi connectivity index (χ4v) is 12.2. The average molecular weight is 834 g/mol. The maximum absolute atomic E-state index is 5.49. The van der Waals surface area contributed by atoms with Gasteiger partial charge in [0.15, 0.2) is 5.82 Å². The Labute approximate surface area is 373 Å². The zero-order valence-corrected chi connectivity index (χ0v) is 35.2. The molecule has 1 aliphatic carbocycles. The van der Waals surface area contributed by atoms with Crippen LogP contribution in [0.3, 0.4) is 0 Å². The second-order valence-electron chi connectivity index (χ2n) is 16.7. The van der Waals surface area contributed by atoms with Gasteiger partial charge in [-0.05, 0) is 80.9 Å². The number of rotatable bonds is 4. The normalized spacial score (nSPS) is 14.9. The van der Waals surface area contributed by atoms with Gasteiger partial charge in [0.25, 0.3) is 0 Å². The standard InChI is InChI=1S/C58H35N5S/c1-2-17-36(18-3-1)38-24-16-27-47-54(38)64-53-32-15-10-26-46(53)58(47)45-25-9-4-19-39(45)40-34-33-37(35-48(40)58)55-59-56(62-49-28-11-5-20-41(49)42-21-6-12-29-50(42)62)61-57(60-55)63-51-30-13-7-22-43(51)44-23-8-14-31-52(44)63/h1-35H. The minimum Gasteiger partial charge on any atom is -0.278 e. The number of hydrogen-bond acceptors (Lipinski definition) is 4. The van der Waals surface area contributed by atoms with E-state index in [2.05, 4.69) is 221 Å². The Morgan fingerprint density at radius 2 is 0.828 bits per heavy atom. The van der Waals surface area contributed by atoms with Crippen molar-refractivity contribution >= 4 is 55.4 Å².